The van der Waals surface area contributed by atoms with Gasteiger partial charge in [0.1, 0.15) is 29.0 Å². The third kappa shape index (κ3) is 6.84. The van der Waals surface area contributed by atoms with Gasteiger partial charge in [0, 0.05) is 24.2 Å². The quantitative estimate of drug-likeness (QED) is 0.185. The van der Waals surface area contributed by atoms with Gasteiger partial charge < -0.3 is 13.9 Å². The summed E-state index contributed by atoms with van der Waals surface area (Å²) < 4.78 is 48.5. The lowest BCUT2D eigenvalue weighted by atomic mass is 10.2. The van der Waals surface area contributed by atoms with Crippen LogP contribution in [0.3, 0.4) is 0 Å². The summed E-state index contributed by atoms with van der Waals surface area (Å²) in [5.74, 6) is 1.09. The molecule has 0 aliphatic carbocycles. The number of pyridine rings is 1. The van der Waals surface area contributed by atoms with Crippen molar-refractivity contribution < 1.29 is 22.3 Å². The van der Waals surface area contributed by atoms with Crippen molar-refractivity contribution in [2.24, 2.45) is 0 Å². The van der Waals surface area contributed by atoms with Crippen LogP contribution in [0.1, 0.15) is 56.6 Å². The van der Waals surface area contributed by atoms with Crippen LogP contribution in [0.15, 0.2) is 49.1 Å². The van der Waals surface area contributed by atoms with Gasteiger partial charge in [0.15, 0.2) is 29.8 Å². The van der Waals surface area contributed by atoms with Crippen molar-refractivity contribution in [1.29, 1.82) is 0 Å². The Bertz CT molecular complexity index is 1700. The zero-order chi connectivity index (χ0) is 32.4. The molecule has 0 fully saturated rings. The summed E-state index contributed by atoms with van der Waals surface area (Å²) in [6.07, 6.45) is 5.78. The van der Waals surface area contributed by atoms with Crippen LogP contribution >= 0.6 is 0 Å². The monoisotopic (exact) mass is 638 g/mol. The van der Waals surface area contributed by atoms with Crippen molar-refractivity contribution in [2.45, 2.75) is 76.8 Å². The Kier molecular flexibility index (Phi) is 9.62. The standard InChI is InChI=1S/C31H42N6O5SSi/c1-20-14-23(17-32-15-20)30-36-35-27(37(30)28-25(40-7)12-11-13-26(28)41-8)19-43(38,39)22(3)29(24-18-33-21(2)16-34-24)42-44(9,10)31(4,5)6/h11-18,22,29H,19H2,1-10H3/t22-,29-/m1/s1. The molecule has 11 nitrogen and oxygen atoms in total. The fraction of sp³-hybridized carbons (Fsp3) is 0.452. The van der Waals surface area contributed by atoms with Crippen molar-refractivity contribution in [3.63, 3.8) is 0 Å². The van der Waals surface area contributed by atoms with E-state index in [0.29, 0.717) is 34.3 Å². The molecule has 3 aromatic heterocycles. The fourth-order valence-corrected chi connectivity index (χ4v) is 7.29. The molecule has 2 atom stereocenters. The lowest BCUT2D eigenvalue weighted by molar-refractivity contribution is 0.176. The first kappa shape index (κ1) is 33.2. The molecule has 1 aromatic carbocycles. The molecule has 0 amide bonds. The maximum Gasteiger partial charge on any atom is 0.193 e. The van der Waals surface area contributed by atoms with Crippen molar-refractivity contribution >= 4 is 18.2 Å². The highest BCUT2D eigenvalue weighted by Crippen LogP contribution is 2.42. The molecule has 3 heterocycles. The summed E-state index contributed by atoms with van der Waals surface area (Å²) in [5.41, 5.74) is 3.26. The summed E-state index contributed by atoms with van der Waals surface area (Å²) in [6, 6.07) is 7.26. The van der Waals surface area contributed by atoms with Gasteiger partial charge in [-0.1, -0.05) is 26.8 Å². The van der Waals surface area contributed by atoms with Crippen LogP contribution in [0.5, 0.6) is 11.5 Å². The second-order valence-corrected chi connectivity index (χ2v) is 19.5. The highest BCUT2D eigenvalue weighted by atomic mass is 32.2. The minimum Gasteiger partial charge on any atom is -0.494 e. The van der Waals surface area contributed by atoms with Gasteiger partial charge in [0.25, 0.3) is 0 Å². The molecule has 13 heteroatoms. The van der Waals surface area contributed by atoms with Crippen LogP contribution in [-0.2, 0) is 20.0 Å². The number of methoxy groups -OCH3 is 2. The van der Waals surface area contributed by atoms with E-state index in [9.17, 15) is 8.42 Å². The van der Waals surface area contributed by atoms with E-state index >= 15 is 0 Å². The molecule has 236 valence electrons. The van der Waals surface area contributed by atoms with Gasteiger partial charge in [0.05, 0.1) is 37.1 Å². The van der Waals surface area contributed by atoms with E-state index < -0.39 is 35.3 Å². The third-order valence-corrected chi connectivity index (χ3v) is 14.6. The normalized spacial score (nSPS) is 13.9. The van der Waals surface area contributed by atoms with Gasteiger partial charge in [0.2, 0.25) is 0 Å². The molecule has 4 aromatic rings. The van der Waals surface area contributed by atoms with Gasteiger partial charge in [-0.2, -0.15) is 0 Å². The van der Waals surface area contributed by atoms with Gasteiger partial charge in [-0.05, 0) is 62.7 Å². The lowest BCUT2D eigenvalue weighted by Crippen LogP contribution is -2.45. The first-order valence-corrected chi connectivity index (χ1v) is 19.0. The largest absolute Gasteiger partial charge is 0.494 e. The smallest absolute Gasteiger partial charge is 0.193 e. The van der Waals surface area contributed by atoms with E-state index in [2.05, 4.69) is 59.0 Å². The Hall–Kier alpha value is -3.68. The Balaban J connectivity index is 1.86. The molecular formula is C31H42N6O5SSi. The average Bonchev–Trinajstić information content (AvgIpc) is 3.37. The van der Waals surface area contributed by atoms with E-state index in [0.717, 1.165) is 11.3 Å². The molecule has 0 saturated heterocycles. The molecule has 0 aliphatic rings. The maximum absolute atomic E-state index is 14.3. The number of ether oxygens (including phenoxy) is 2. The maximum atomic E-state index is 14.3. The zero-order valence-corrected chi connectivity index (χ0v) is 28.9. The van der Waals surface area contributed by atoms with E-state index in [1.54, 1.807) is 68.7 Å². The van der Waals surface area contributed by atoms with Gasteiger partial charge in [-0.15, -0.1) is 10.2 Å². The van der Waals surface area contributed by atoms with Crippen LogP contribution in [0.2, 0.25) is 18.1 Å². The van der Waals surface area contributed by atoms with Crippen LogP contribution in [-0.4, -0.2) is 65.9 Å². The number of hydrogen-bond acceptors (Lipinski definition) is 10. The third-order valence-electron chi connectivity index (χ3n) is 8.13. The minimum atomic E-state index is -3.93. The summed E-state index contributed by atoms with van der Waals surface area (Å²) in [7, 11) is -3.28. The fourth-order valence-electron chi connectivity index (χ4n) is 4.50. The molecule has 0 spiro atoms. The molecule has 0 N–H and O–H groups in total. The molecule has 0 radical (unpaired) electrons. The van der Waals surface area contributed by atoms with Crippen LogP contribution in [0.25, 0.3) is 17.1 Å². The number of sulfone groups is 1. The number of hydrogen-bond donors (Lipinski definition) is 0. The first-order valence-electron chi connectivity index (χ1n) is 14.3. The van der Waals surface area contributed by atoms with Gasteiger partial charge in [-0.3, -0.25) is 19.5 Å². The zero-order valence-electron chi connectivity index (χ0n) is 27.1. The number of aromatic nitrogens is 6. The van der Waals surface area contributed by atoms with Gasteiger partial charge >= 0.3 is 0 Å². The first-order chi connectivity index (χ1) is 20.6. The topological polar surface area (TPSA) is 131 Å². The SMILES string of the molecule is COc1cccc(OC)c1-n1c(CS(=O)(=O)[C@H](C)[C@@H](O[Si](C)(C)C(C)(C)C)c2cnc(C)cn2)nnc1-c1cncc(C)c1. The van der Waals surface area contributed by atoms with Crippen LogP contribution in [0, 0.1) is 13.8 Å². The Labute approximate surface area is 261 Å². The van der Waals surface area contributed by atoms with Crippen molar-refractivity contribution in [2.75, 3.05) is 14.2 Å². The molecule has 4 rings (SSSR count). The number of aryl methyl sites for hydroxylation is 2. The van der Waals surface area contributed by atoms with Gasteiger partial charge in [-0.25, -0.2) is 8.42 Å². The summed E-state index contributed by atoms with van der Waals surface area (Å²) >= 11 is 0. The molecule has 0 unspecified atom stereocenters. The predicted molar refractivity (Wildman–Crippen MR) is 172 cm³/mol. The number of para-hydroxylation sites is 1. The number of nitrogens with zero attached hydrogens (tertiary/aromatic N) is 6. The van der Waals surface area contributed by atoms with E-state index in [1.165, 1.54) is 0 Å². The molecule has 0 saturated carbocycles. The molecule has 0 aliphatic heterocycles. The minimum absolute atomic E-state index is 0.162. The lowest BCUT2D eigenvalue weighted by Gasteiger charge is -2.40. The highest BCUT2D eigenvalue weighted by Gasteiger charge is 2.44. The Morgan fingerprint density at radius 2 is 1.61 bits per heavy atom. The summed E-state index contributed by atoms with van der Waals surface area (Å²) in [4.78, 5) is 13.3. The second-order valence-electron chi connectivity index (χ2n) is 12.4. The van der Waals surface area contributed by atoms with E-state index in [4.69, 9.17) is 13.9 Å². The summed E-state index contributed by atoms with van der Waals surface area (Å²) in [6.45, 7) is 15.9. The highest BCUT2D eigenvalue weighted by molar-refractivity contribution is 7.91. The van der Waals surface area contributed by atoms with Crippen molar-refractivity contribution in [1.82, 2.24) is 29.7 Å². The molecule has 44 heavy (non-hydrogen) atoms. The van der Waals surface area contributed by atoms with Crippen LogP contribution < -0.4 is 9.47 Å². The molecule has 0 bridgehead atoms. The van der Waals surface area contributed by atoms with E-state index in [-0.39, 0.29) is 10.9 Å². The summed E-state index contributed by atoms with van der Waals surface area (Å²) in [5, 5.41) is 7.72. The number of rotatable bonds is 11. The van der Waals surface area contributed by atoms with Crippen LogP contribution in [0.4, 0.5) is 0 Å². The number of benzene rings is 1. The van der Waals surface area contributed by atoms with Crippen molar-refractivity contribution in [3.05, 3.63) is 71.8 Å². The second kappa shape index (κ2) is 12.7. The molecular weight excluding hydrogens is 597 g/mol. The average molecular weight is 639 g/mol. The Morgan fingerprint density at radius 1 is 0.955 bits per heavy atom. The van der Waals surface area contributed by atoms with E-state index in [1.807, 2.05) is 19.9 Å². The van der Waals surface area contributed by atoms with Crippen molar-refractivity contribution in [3.8, 4) is 28.6 Å². The predicted octanol–water partition coefficient (Wildman–Crippen LogP) is 5.82. The Morgan fingerprint density at radius 3 is 2.16 bits per heavy atom.